The number of nitrogens with zero attached hydrogens (tertiary/aromatic N) is 2. The van der Waals surface area contributed by atoms with E-state index in [9.17, 15) is 9.59 Å². The Bertz CT molecular complexity index is 1030. The van der Waals surface area contributed by atoms with E-state index in [-0.39, 0.29) is 23.9 Å². The second-order valence-corrected chi connectivity index (χ2v) is 11.1. The number of nitrogens with one attached hydrogen (secondary N) is 1. The highest BCUT2D eigenvalue weighted by molar-refractivity contribution is 5.97. The van der Waals surface area contributed by atoms with Gasteiger partial charge in [0.15, 0.2) is 0 Å². The fourth-order valence-electron chi connectivity index (χ4n) is 5.85. The third-order valence-electron chi connectivity index (χ3n) is 7.81. The molecule has 1 aliphatic carbocycles. The van der Waals surface area contributed by atoms with Crippen molar-refractivity contribution in [2.45, 2.75) is 84.1 Å². The zero-order valence-corrected chi connectivity index (χ0v) is 22.1. The van der Waals surface area contributed by atoms with E-state index in [1.54, 1.807) is 4.90 Å². The molecule has 188 valence electrons. The summed E-state index contributed by atoms with van der Waals surface area (Å²) in [4.78, 5) is 30.8. The zero-order chi connectivity index (χ0) is 25.2. The molecule has 4 rings (SSSR count). The number of piperazine rings is 1. The van der Waals surface area contributed by atoms with Crippen LogP contribution in [0.4, 0.5) is 11.4 Å². The van der Waals surface area contributed by atoms with Gasteiger partial charge >= 0.3 is 0 Å². The highest BCUT2D eigenvalue weighted by atomic mass is 16.2. The summed E-state index contributed by atoms with van der Waals surface area (Å²) < 4.78 is 0. The third-order valence-corrected chi connectivity index (χ3v) is 7.81. The van der Waals surface area contributed by atoms with Gasteiger partial charge in [-0.3, -0.25) is 9.59 Å². The Morgan fingerprint density at radius 2 is 1.54 bits per heavy atom. The minimum atomic E-state index is -0.108. The van der Waals surface area contributed by atoms with Gasteiger partial charge in [0.2, 0.25) is 11.8 Å². The Morgan fingerprint density at radius 3 is 2.11 bits per heavy atom. The predicted molar refractivity (Wildman–Crippen MR) is 144 cm³/mol. The predicted octanol–water partition coefficient (Wildman–Crippen LogP) is 6.23. The van der Waals surface area contributed by atoms with Crippen molar-refractivity contribution in [1.29, 1.82) is 0 Å². The smallest absolute Gasteiger partial charge is 0.244 e. The van der Waals surface area contributed by atoms with E-state index in [1.165, 1.54) is 12.0 Å². The van der Waals surface area contributed by atoms with Crippen LogP contribution in [0, 0.1) is 6.92 Å². The number of benzene rings is 2. The highest BCUT2D eigenvalue weighted by Gasteiger charge is 2.45. The maximum atomic E-state index is 13.3. The van der Waals surface area contributed by atoms with E-state index in [1.807, 2.05) is 0 Å². The molecule has 35 heavy (non-hydrogen) atoms. The maximum Gasteiger partial charge on any atom is 0.244 e. The van der Waals surface area contributed by atoms with Crippen LogP contribution in [-0.4, -0.2) is 41.9 Å². The molecule has 5 heteroatoms. The molecule has 1 spiro atoms. The van der Waals surface area contributed by atoms with Crippen LogP contribution in [0.15, 0.2) is 42.5 Å². The topological polar surface area (TPSA) is 52.7 Å². The lowest BCUT2D eigenvalue weighted by atomic mass is 9.78. The molecule has 2 aromatic rings. The van der Waals surface area contributed by atoms with E-state index in [2.05, 4.69) is 87.3 Å². The van der Waals surface area contributed by atoms with Crippen LogP contribution in [-0.2, 0) is 9.59 Å². The molecule has 2 aliphatic rings. The molecule has 0 bridgehead atoms. The van der Waals surface area contributed by atoms with Gasteiger partial charge in [-0.1, -0.05) is 82.9 Å². The van der Waals surface area contributed by atoms with Crippen molar-refractivity contribution in [3.63, 3.8) is 0 Å². The highest BCUT2D eigenvalue weighted by Crippen LogP contribution is 2.40. The second-order valence-electron chi connectivity index (χ2n) is 11.1. The van der Waals surface area contributed by atoms with E-state index in [0.29, 0.717) is 24.9 Å². The van der Waals surface area contributed by atoms with Gasteiger partial charge in [-0.15, -0.1) is 0 Å². The second kappa shape index (κ2) is 10.4. The molecule has 1 N–H and O–H groups in total. The zero-order valence-electron chi connectivity index (χ0n) is 22.1. The number of amides is 2. The number of carbonyl (C=O) groups excluding carboxylic acids is 2. The Hall–Kier alpha value is -2.82. The first-order valence-corrected chi connectivity index (χ1v) is 13.2. The lowest BCUT2D eigenvalue weighted by molar-refractivity contribution is -0.137. The van der Waals surface area contributed by atoms with Crippen molar-refractivity contribution in [3.05, 3.63) is 59.2 Å². The number of hydrogen-bond donors (Lipinski definition) is 1. The van der Waals surface area contributed by atoms with Crippen molar-refractivity contribution in [2.75, 3.05) is 29.9 Å². The summed E-state index contributed by atoms with van der Waals surface area (Å²) in [5.41, 5.74) is 5.44. The van der Waals surface area contributed by atoms with Crippen LogP contribution in [0.1, 0.15) is 88.3 Å². The van der Waals surface area contributed by atoms with Gasteiger partial charge in [-0.2, -0.15) is 0 Å². The Kier molecular flexibility index (Phi) is 7.53. The molecule has 0 atom stereocenters. The molecule has 0 aromatic heterocycles. The number of rotatable bonds is 6. The molecule has 2 aromatic carbocycles. The summed E-state index contributed by atoms with van der Waals surface area (Å²) in [5.74, 6) is 0.518. The van der Waals surface area contributed by atoms with Gasteiger partial charge in [0, 0.05) is 17.9 Å². The van der Waals surface area contributed by atoms with Crippen molar-refractivity contribution in [1.82, 2.24) is 4.90 Å². The molecule has 2 fully saturated rings. The molecule has 1 heterocycles. The molecule has 0 unspecified atom stereocenters. The first-order valence-electron chi connectivity index (χ1n) is 13.2. The SMILES string of the molecule is Cc1ccc(N2CC(=O)N(CC(=O)Nc3c(C(C)C)cccc3C(C)C)CC23CCCCC3)cc1. The first-order chi connectivity index (χ1) is 16.7. The average molecular weight is 476 g/mol. The fraction of sp³-hybridized carbons (Fsp3) is 0.533. The number of aryl methyl sites for hydroxylation is 1. The summed E-state index contributed by atoms with van der Waals surface area (Å²) in [6.45, 7) is 11.7. The first kappa shape index (κ1) is 25.3. The van der Waals surface area contributed by atoms with Gasteiger partial charge in [0.25, 0.3) is 0 Å². The maximum absolute atomic E-state index is 13.3. The van der Waals surface area contributed by atoms with Gasteiger partial charge in [-0.25, -0.2) is 0 Å². The number of hydrogen-bond acceptors (Lipinski definition) is 3. The molecule has 0 radical (unpaired) electrons. The summed E-state index contributed by atoms with van der Waals surface area (Å²) in [7, 11) is 0. The lowest BCUT2D eigenvalue weighted by Crippen LogP contribution is -2.66. The quantitative estimate of drug-likeness (QED) is 0.539. The van der Waals surface area contributed by atoms with Crippen LogP contribution in [0.3, 0.4) is 0 Å². The minimum absolute atomic E-state index is 0.0261. The monoisotopic (exact) mass is 475 g/mol. The van der Waals surface area contributed by atoms with Crippen molar-refractivity contribution < 1.29 is 9.59 Å². The van der Waals surface area contributed by atoms with Crippen LogP contribution >= 0.6 is 0 Å². The largest absolute Gasteiger partial charge is 0.355 e. The van der Waals surface area contributed by atoms with E-state index < -0.39 is 0 Å². The molecule has 5 nitrogen and oxygen atoms in total. The molecule has 1 aliphatic heterocycles. The van der Waals surface area contributed by atoms with E-state index in [0.717, 1.165) is 48.2 Å². The standard InChI is InChI=1S/C30H41N3O2/c1-21(2)25-10-9-11-26(22(3)4)29(25)31-27(34)18-32-20-30(16-7-6-8-17-30)33(19-28(32)35)24-14-12-23(5)13-15-24/h9-15,21-22H,6-8,16-20H2,1-5H3,(H,31,34). The molecular weight excluding hydrogens is 434 g/mol. The third kappa shape index (κ3) is 5.39. The van der Waals surface area contributed by atoms with E-state index >= 15 is 0 Å². The van der Waals surface area contributed by atoms with Crippen molar-refractivity contribution in [3.8, 4) is 0 Å². The Morgan fingerprint density at radius 1 is 0.943 bits per heavy atom. The summed E-state index contributed by atoms with van der Waals surface area (Å²) in [5, 5.41) is 3.20. The summed E-state index contributed by atoms with van der Waals surface area (Å²) in [6.07, 6.45) is 5.67. The van der Waals surface area contributed by atoms with Crippen LogP contribution < -0.4 is 10.2 Å². The molecule has 1 saturated heterocycles. The average Bonchev–Trinajstić information content (AvgIpc) is 2.82. The van der Waals surface area contributed by atoms with Crippen molar-refractivity contribution in [2.24, 2.45) is 0 Å². The molecule has 1 saturated carbocycles. The Balaban J connectivity index is 1.55. The summed E-state index contributed by atoms with van der Waals surface area (Å²) >= 11 is 0. The van der Waals surface area contributed by atoms with Crippen molar-refractivity contribution >= 4 is 23.2 Å². The fourth-order valence-corrected chi connectivity index (χ4v) is 5.85. The number of para-hydroxylation sites is 1. The van der Waals surface area contributed by atoms with Gasteiger partial charge < -0.3 is 15.1 Å². The van der Waals surface area contributed by atoms with Gasteiger partial charge in [0.05, 0.1) is 12.1 Å². The normalized spacial score (nSPS) is 18.0. The van der Waals surface area contributed by atoms with Crippen LogP contribution in [0.2, 0.25) is 0 Å². The Labute approximate surface area is 210 Å². The number of carbonyl (C=O) groups is 2. The van der Waals surface area contributed by atoms with Crippen LogP contribution in [0.5, 0.6) is 0 Å². The molecule has 2 amide bonds. The number of anilines is 2. The summed E-state index contributed by atoms with van der Waals surface area (Å²) in [6, 6.07) is 14.8. The van der Waals surface area contributed by atoms with Crippen LogP contribution in [0.25, 0.3) is 0 Å². The van der Waals surface area contributed by atoms with E-state index in [4.69, 9.17) is 0 Å². The lowest BCUT2D eigenvalue weighted by Gasteiger charge is -2.53. The van der Waals surface area contributed by atoms with Gasteiger partial charge in [-0.05, 0) is 54.9 Å². The minimum Gasteiger partial charge on any atom is -0.355 e. The molecular formula is C30H41N3O2. The van der Waals surface area contributed by atoms with Gasteiger partial charge in [0.1, 0.15) is 6.54 Å².